The van der Waals surface area contributed by atoms with Crippen LogP contribution in [-0.4, -0.2) is 24.5 Å². The quantitative estimate of drug-likeness (QED) is 0.390. The van der Waals surface area contributed by atoms with Gasteiger partial charge in [-0.15, -0.1) is 0 Å². The van der Waals surface area contributed by atoms with Crippen LogP contribution in [0.25, 0.3) is 11.1 Å². The van der Waals surface area contributed by atoms with E-state index in [2.05, 4.69) is 66.7 Å². The Morgan fingerprint density at radius 2 is 1.61 bits per heavy atom. The molecule has 0 aromatic heterocycles. The zero-order chi connectivity index (χ0) is 24.5. The number of rotatable bonds is 5. The van der Waals surface area contributed by atoms with Gasteiger partial charge in [-0.3, -0.25) is 0 Å². The lowest BCUT2D eigenvalue weighted by molar-refractivity contribution is 0.123. The summed E-state index contributed by atoms with van der Waals surface area (Å²) in [4.78, 5) is 7.03. The molecule has 5 heteroatoms. The summed E-state index contributed by atoms with van der Waals surface area (Å²) in [6.45, 7) is 1.28. The highest BCUT2D eigenvalue weighted by atomic mass is 16.5. The monoisotopic (exact) mass is 475 g/mol. The molecule has 2 aliphatic heterocycles. The molecule has 0 saturated carbocycles. The lowest BCUT2D eigenvalue weighted by atomic mass is 9.80. The zero-order valence-corrected chi connectivity index (χ0v) is 20.3. The molecule has 4 aromatic carbocycles. The van der Waals surface area contributed by atoms with E-state index < -0.39 is 5.54 Å². The maximum absolute atomic E-state index is 6.51. The second kappa shape index (κ2) is 9.08. The van der Waals surface area contributed by atoms with E-state index in [-0.39, 0.29) is 6.10 Å². The van der Waals surface area contributed by atoms with Crippen molar-refractivity contribution in [1.82, 2.24) is 4.90 Å². The summed E-state index contributed by atoms with van der Waals surface area (Å²) in [7, 11) is 2.00. The van der Waals surface area contributed by atoms with Crippen LogP contribution in [0.2, 0.25) is 0 Å². The maximum atomic E-state index is 6.51. The van der Waals surface area contributed by atoms with Gasteiger partial charge in [0.2, 0.25) is 0 Å². The average molecular weight is 476 g/mol. The number of hydrogen-bond acceptors (Lipinski definition) is 5. The normalized spacial score (nSPS) is 20.5. The number of benzene rings is 4. The van der Waals surface area contributed by atoms with Gasteiger partial charge in [0.25, 0.3) is 0 Å². The van der Waals surface area contributed by atoms with Gasteiger partial charge >= 0.3 is 0 Å². The van der Waals surface area contributed by atoms with Crippen LogP contribution in [0.3, 0.4) is 0 Å². The van der Waals surface area contributed by atoms with Gasteiger partial charge in [0, 0.05) is 19.0 Å². The molecule has 180 valence electrons. The summed E-state index contributed by atoms with van der Waals surface area (Å²) >= 11 is 0. The number of nitrogens with zero attached hydrogens (tertiary/aromatic N) is 2. The molecule has 5 nitrogen and oxygen atoms in total. The number of guanidine groups is 1. The van der Waals surface area contributed by atoms with Crippen molar-refractivity contribution in [2.45, 2.75) is 24.7 Å². The molecule has 0 fully saturated rings. The molecule has 4 aromatic rings. The molecule has 2 heterocycles. The molecule has 0 bridgehead atoms. The van der Waals surface area contributed by atoms with Gasteiger partial charge in [-0.2, -0.15) is 0 Å². The zero-order valence-electron chi connectivity index (χ0n) is 20.3. The van der Waals surface area contributed by atoms with E-state index in [0.717, 1.165) is 52.3 Å². The first-order chi connectivity index (χ1) is 17.6. The average Bonchev–Trinajstić information content (AvgIpc) is 3.21. The van der Waals surface area contributed by atoms with E-state index in [1.54, 1.807) is 0 Å². The maximum Gasteiger partial charge on any atom is 0.192 e. The van der Waals surface area contributed by atoms with Gasteiger partial charge in [-0.1, -0.05) is 78.9 Å². The molecular formula is C31H29N3O2. The standard InChI is InChI=1S/C31H29N3O2/c1-34-21-31(33-30(34)32)19-29(24-10-6-3-7-11-24)36-28-17-14-25(18-27(28)31)23-12-15-26(16-13-23)35-20-22-8-4-2-5-9-22/h2-18,29H,19-21H2,1H3,(H2,32,33). The van der Waals surface area contributed by atoms with Crippen LogP contribution in [0.15, 0.2) is 108 Å². The van der Waals surface area contributed by atoms with Crippen LogP contribution >= 0.6 is 0 Å². The van der Waals surface area contributed by atoms with Gasteiger partial charge in [0.05, 0.1) is 6.54 Å². The van der Waals surface area contributed by atoms with E-state index >= 15 is 0 Å². The third kappa shape index (κ3) is 4.17. The molecule has 0 saturated heterocycles. The molecular weight excluding hydrogens is 446 g/mol. The van der Waals surface area contributed by atoms with Crippen molar-refractivity contribution >= 4 is 5.96 Å². The van der Waals surface area contributed by atoms with Crippen molar-refractivity contribution in [3.63, 3.8) is 0 Å². The lowest BCUT2D eigenvalue weighted by Gasteiger charge is -2.38. The van der Waals surface area contributed by atoms with Crippen molar-refractivity contribution < 1.29 is 9.47 Å². The number of nitrogens with two attached hydrogens (primary N) is 1. The summed E-state index contributed by atoms with van der Waals surface area (Å²) < 4.78 is 12.5. The number of fused-ring (bicyclic) bond motifs is 2. The number of ether oxygens (including phenoxy) is 2. The number of hydrogen-bond donors (Lipinski definition) is 1. The summed E-state index contributed by atoms with van der Waals surface area (Å²) in [6.07, 6.45) is 0.666. The molecule has 2 N–H and O–H groups in total. The first-order valence-electron chi connectivity index (χ1n) is 12.3. The van der Waals surface area contributed by atoms with E-state index in [1.807, 2.05) is 48.3 Å². The van der Waals surface area contributed by atoms with E-state index in [9.17, 15) is 0 Å². The highest BCUT2D eigenvalue weighted by Gasteiger charge is 2.46. The molecule has 2 unspecified atom stereocenters. The van der Waals surface area contributed by atoms with E-state index in [0.29, 0.717) is 12.6 Å². The molecule has 2 aliphatic rings. The topological polar surface area (TPSA) is 60.1 Å². The predicted octanol–water partition coefficient (Wildman–Crippen LogP) is 5.91. The predicted molar refractivity (Wildman–Crippen MR) is 143 cm³/mol. The Morgan fingerprint density at radius 1 is 0.917 bits per heavy atom. The molecule has 2 atom stereocenters. The fourth-order valence-corrected chi connectivity index (χ4v) is 5.19. The Balaban J connectivity index is 1.30. The Kier molecular flexibility index (Phi) is 5.61. The molecule has 0 aliphatic carbocycles. The Hall–Kier alpha value is -4.25. The van der Waals surface area contributed by atoms with Gasteiger partial charge in [-0.25, -0.2) is 4.99 Å². The van der Waals surface area contributed by atoms with E-state index in [4.69, 9.17) is 20.2 Å². The minimum atomic E-state index is -0.443. The van der Waals surface area contributed by atoms with Crippen LogP contribution in [0.5, 0.6) is 11.5 Å². The van der Waals surface area contributed by atoms with Crippen molar-refractivity contribution in [3.05, 3.63) is 120 Å². The van der Waals surface area contributed by atoms with Gasteiger partial charge in [-0.05, 0) is 46.5 Å². The first-order valence-corrected chi connectivity index (χ1v) is 12.3. The van der Waals surface area contributed by atoms with Crippen LogP contribution < -0.4 is 15.2 Å². The third-order valence-corrected chi connectivity index (χ3v) is 7.10. The van der Waals surface area contributed by atoms with Crippen LogP contribution in [0.4, 0.5) is 0 Å². The Morgan fingerprint density at radius 3 is 2.31 bits per heavy atom. The van der Waals surface area contributed by atoms with Crippen molar-refractivity contribution in [1.29, 1.82) is 0 Å². The molecule has 0 radical (unpaired) electrons. The summed E-state index contributed by atoms with van der Waals surface area (Å²) in [5, 5.41) is 0. The second-order valence-electron chi connectivity index (χ2n) is 9.59. The lowest BCUT2D eigenvalue weighted by Crippen LogP contribution is -2.38. The van der Waals surface area contributed by atoms with Crippen LogP contribution in [0, 0.1) is 0 Å². The van der Waals surface area contributed by atoms with Crippen molar-refractivity contribution in [3.8, 4) is 22.6 Å². The van der Waals surface area contributed by atoms with Gasteiger partial charge in [0.1, 0.15) is 29.7 Å². The SMILES string of the molecule is CN1CC2(CC(c3ccccc3)Oc3ccc(-c4ccc(OCc5ccccc5)cc4)cc32)N=C1N. The highest BCUT2D eigenvalue weighted by molar-refractivity contribution is 5.81. The Labute approximate surface area is 211 Å². The van der Waals surface area contributed by atoms with Crippen molar-refractivity contribution in [2.24, 2.45) is 10.7 Å². The Bertz CT molecular complexity index is 1390. The molecule has 6 rings (SSSR count). The fraction of sp³-hybridized carbons (Fsp3) is 0.194. The number of aliphatic imine (C=N–C) groups is 1. The van der Waals surface area contributed by atoms with Crippen LogP contribution in [-0.2, 0) is 12.1 Å². The fourth-order valence-electron chi connectivity index (χ4n) is 5.19. The van der Waals surface area contributed by atoms with Crippen LogP contribution in [0.1, 0.15) is 29.2 Å². The van der Waals surface area contributed by atoms with Gasteiger partial charge in [0.15, 0.2) is 5.96 Å². The van der Waals surface area contributed by atoms with Gasteiger partial charge < -0.3 is 20.1 Å². The highest BCUT2D eigenvalue weighted by Crippen LogP contribution is 2.50. The largest absolute Gasteiger partial charge is 0.489 e. The molecule has 0 amide bonds. The van der Waals surface area contributed by atoms with Crippen molar-refractivity contribution in [2.75, 3.05) is 13.6 Å². The third-order valence-electron chi connectivity index (χ3n) is 7.10. The van der Waals surface area contributed by atoms with E-state index in [1.165, 1.54) is 0 Å². The minimum absolute atomic E-state index is 0.0753. The number of likely N-dealkylation sites (N-methyl/N-ethyl adjacent to an activating group) is 1. The molecule has 36 heavy (non-hydrogen) atoms. The first kappa shape index (κ1) is 22.2. The summed E-state index contributed by atoms with van der Waals surface area (Å²) in [5.41, 5.74) is 11.5. The minimum Gasteiger partial charge on any atom is -0.489 e. The second-order valence-corrected chi connectivity index (χ2v) is 9.59. The summed E-state index contributed by atoms with van der Waals surface area (Å²) in [6, 6.07) is 35.2. The smallest absolute Gasteiger partial charge is 0.192 e. The summed E-state index contributed by atoms with van der Waals surface area (Å²) in [5.74, 6) is 2.29. The molecule has 1 spiro atoms.